The molecule has 32 heavy (non-hydrogen) atoms. The van der Waals surface area contributed by atoms with Gasteiger partial charge in [-0.1, -0.05) is 21.4 Å². The average molecular weight is 463 g/mol. The number of piperazine rings is 1. The third-order valence-corrected chi connectivity index (χ3v) is 6.19. The highest BCUT2D eigenvalue weighted by atomic mass is 31.0. The summed E-state index contributed by atoms with van der Waals surface area (Å²) in [5.41, 5.74) is -1.71. The highest BCUT2D eigenvalue weighted by Gasteiger charge is 2.46. The van der Waals surface area contributed by atoms with Crippen molar-refractivity contribution < 1.29 is 18.3 Å². The lowest BCUT2D eigenvalue weighted by molar-refractivity contribution is -0.109. The molecule has 3 rings (SSSR count). The predicted molar refractivity (Wildman–Crippen MR) is 123 cm³/mol. The number of anilines is 1. The van der Waals surface area contributed by atoms with Crippen LogP contribution in [0, 0.1) is 6.92 Å². The molecule has 10 heteroatoms. The van der Waals surface area contributed by atoms with Gasteiger partial charge in [0.2, 0.25) is 0 Å². The minimum absolute atomic E-state index is 0.328. The van der Waals surface area contributed by atoms with Crippen LogP contribution in [0.15, 0.2) is 36.8 Å². The summed E-state index contributed by atoms with van der Waals surface area (Å²) in [5.74, 6) is 0.751. The van der Waals surface area contributed by atoms with Crippen LogP contribution in [0.1, 0.15) is 37.7 Å². The molecule has 2 aromatic heterocycles. The number of nitrogens with zero attached hydrogens (tertiary/aromatic N) is 5. The first-order chi connectivity index (χ1) is 15.0. The molecule has 0 saturated carbocycles. The SMILES string of the molecule is C/C=C(/c1ccccn1)c1c(C)ncnc1N1CCN(C(=O)OC(C)(C)C(F)(F)P)CC1. The normalized spacial score (nSPS) is 15.7. The highest BCUT2D eigenvalue weighted by molar-refractivity contribution is 7.18. The standard InChI is InChI=1S/C22H28F2N5O2P/c1-5-16(17-8-6-7-9-25-17)18-15(2)26-14-27-19(18)28-10-12-29(13-11-28)20(30)31-21(3,4)22(23,24)32/h5-9,14H,10-13,32H2,1-4H3/b16-5-. The lowest BCUT2D eigenvalue weighted by Gasteiger charge is -2.38. The first kappa shape index (κ1) is 24.0. The van der Waals surface area contributed by atoms with Gasteiger partial charge in [-0.05, 0) is 39.8 Å². The zero-order valence-corrected chi connectivity index (χ0v) is 19.8. The van der Waals surface area contributed by atoms with Crippen molar-refractivity contribution in [2.75, 3.05) is 31.1 Å². The fraction of sp³-hybridized carbons (Fsp3) is 0.455. The van der Waals surface area contributed by atoms with Crippen molar-refractivity contribution in [3.63, 3.8) is 0 Å². The van der Waals surface area contributed by atoms with Crippen LogP contribution in [0.4, 0.5) is 19.4 Å². The van der Waals surface area contributed by atoms with Crippen molar-refractivity contribution in [3.8, 4) is 0 Å². The van der Waals surface area contributed by atoms with Gasteiger partial charge in [-0.2, -0.15) is 8.78 Å². The minimum Gasteiger partial charge on any atom is -0.437 e. The lowest BCUT2D eigenvalue weighted by atomic mass is 10.00. The van der Waals surface area contributed by atoms with Crippen LogP contribution in [-0.2, 0) is 4.74 Å². The van der Waals surface area contributed by atoms with Crippen molar-refractivity contribution in [1.29, 1.82) is 0 Å². The summed E-state index contributed by atoms with van der Waals surface area (Å²) in [6.07, 6.45) is 4.49. The molecule has 1 saturated heterocycles. The maximum Gasteiger partial charge on any atom is 0.410 e. The molecule has 2 aromatic rings. The Hall–Kier alpha value is -2.67. The molecule has 0 radical (unpaired) electrons. The molecule has 1 aliphatic rings. The molecular weight excluding hydrogens is 435 g/mol. The zero-order chi connectivity index (χ0) is 23.5. The molecule has 0 spiro atoms. The summed E-state index contributed by atoms with van der Waals surface area (Å²) in [6, 6.07) is 5.72. The van der Waals surface area contributed by atoms with Gasteiger partial charge in [0.25, 0.3) is 5.66 Å². The number of carbonyl (C=O) groups is 1. The van der Waals surface area contributed by atoms with Crippen LogP contribution < -0.4 is 4.90 Å². The topological polar surface area (TPSA) is 71.5 Å². The van der Waals surface area contributed by atoms with Gasteiger partial charge in [0.1, 0.15) is 12.1 Å². The second-order valence-corrected chi connectivity index (χ2v) is 8.78. The molecule has 3 heterocycles. The fourth-order valence-corrected chi connectivity index (χ4v) is 3.47. The van der Waals surface area contributed by atoms with Gasteiger partial charge in [0.15, 0.2) is 5.60 Å². The maximum absolute atomic E-state index is 13.7. The lowest BCUT2D eigenvalue weighted by Crippen LogP contribution is -2.52. The number of halogens is 2. The molecule has 1 unspecified atom stereocenters. The molecule has 1 atom stereocenters. The van der Waals surface area contributed by atoms with E-state index in [9.17, 15) is 13.6 Å². The number of aryl methyl sites for hydroxylation is 1. The fourth-order valence-electron chi connectivity index (χ4n) is 3.41. The minimum atomic E-state index is -3.23. The number of pyridine rings is 1. The third-order valence-electron chi connectivity index (χ3n) is 5.50. The van der Waals surface area contributed by atoms with Crippen LogP contribution in [0.2, 0.25) is 0 Å². The molecule has 0 aromatic carbocycles. The molecule has 1 fully saturated rings. The molecule has 0 N–H and O–H groups in total. The number of rotatable bonds is 5. The van der Waals surface area contributed by atoms with Crippen LogP contribution in [0.3, 0.4) is 0 Å². The van der Waals surface area contributed by atoms with Crippen molar-refractivity contribution in [2.24, 2.45) is 0 Å². The van der Waals surface area contributed by atoms with Gasteiger partial charge in [-0.25, -0.2) is 14.8 Å². The molecule has 1 aliphatic heterocycles. The van der Waals surface area contributed by atoms with Gasteiger partial charge < -0.3 is 14.5 Å². The van der Waals surface area contributed by atoms with Crippen molar-refractivity contribution in [2.45, 2.75) is 39.0 Å². The van der Waals surface area contributed by atoms with Gasteiger partial charge in [-0.15, -0.1) is 0 Å². The molecule has 1 amide bonds. The summed E-state index contributed by atoms with van der Waals surface area (Å²) in [4.78, 5) is 29.3. The number of allylic oxidation sites excluding steroid dienone is 1. The van der Waals surface area contributed by atoms with Crippen molar-refractivity contribution >= 4 is 26.7 Å². The highest BCUT2D eigenvalue weighted by Crippen LogP contribution is 2.38. The van der Waals surface area contributed by atoms with E-state index < -0.39 is 17.4 Å². The van der Waals surface area contributed by atoms with E-state index in [1.54, 1.807) is 6.20 Å². The van der Waals surface area contributed by atoms with Gasteiger partial charge in [0.05, 0.1) is 11.4 Å². The zero-order valence-electron chi connectivity index (χ0n) is 18.7. The van der Waals surface area contributed by atoms with E-state index in [0.717, 1.165) is 28.3 Å². The average Bonchev–Trinajstić information content (AvgIpc) is 2.75. The van der Waals surface area contributed by atoms with Gasteiger partial charge in [0, 0.05) is 43.5 Å². The molecule has 0 aliphatic carbocycles. The summed E-state index contributed by atoms with van der Waals surface area (Å²) in [6.45, 7) is 7.87. The second kappa shape index (κ2) is 9.45. The Morgan fingerprint density at radius 3 is 2.41 bits per heavy atom. The van der Waals surface area contributed by atoms with Crippen LogP contribution in [0.25, 0.3) is 5.57 Å². The Bertz CT molecular complexity index is 988. The summed E-state index contributed by atoms with van der Waals surface area (Å²) in [5, 5.41) is 0. The largest absolute Gasteiger partial charge is 0.437 e. The number of ether oxygens (including phenoxy) is 1. The molecule has 0 bridgehead atoms. The first-order valence-electron chi connectivity index (χ1n) is 10.3. The third kappa shape index (κ3) is 5.04. The Morgan fingerprint density at radius 2 is 1.84 bits per heavy atom. The number of hydrogen-bond donors (Lipinski definition) is 0. The van der Waals surface area contributed by atoms with Gasteiger partial charge in [-0.3, -0.25) is 4.98 Å². The monoisotopic (exact) mass is 463 g/mol. The first-order valence-corrected chi connectivity index (χ1v) is 10.9. The van der Waals surface area contributed by atoms with Crippen molar-refractivity contribution in [3.05, 3.63) is 53.8 Å². The molecular formula is C22H28F2N5O2P. The summed E-state index contributed by atoms with van der Waals surface area (Å²) >= 11 is 0. The number of carbonyl (C=O) groups excluding carboxylic acids is 1. The van der Waals surface area contributed by atoms with Crippen molar-refractivity contribution in [1.82, 2.24) is 19.9 Å². The quantitative estimate of drug-likeness (QED) is 0.621. The molecule has 172 valence electrons. The van der Waals surface area contributed by atoms with E-state index in [-0.39, 0.29) is 0 Å². The van der Waals surface area contributed by atoms with E-state index in [1.807, 2.05) is 38.1 Å². The summed E-state index contributed by atoms with van der Waals surface area (Å²) < 4.78 is 32.4. The van der Waals surface area contributed by atoms with E-state index in [4.69, 9.17) is 4.74 Å². The number of amides is 1. The van der Waals surface area contributed by atoms with Crippen LogP contribution in [-0.4, -0.2) is 63.4 Å². The number of hydrogen-bond acceptors (Lipinski definition) is 6. The summed E-state index contributed by atoms with van der Waals surface area (Å²) in [7, 11) is 1.43. The Labute approximate surface area is 189 Å². The second-order valence-electron chi connectivity index (χ2n) is 8.05. The van der Waals surface area contributed by atoms with Crippen LogP contribution in [0.5, 0.6) is 0 Å². The Kier molecular flexibility index (Phi) is 7.08. The Balaban J connectivity index is 1.78. The van der Waals surface area contributed by atoms with Gasteiger partial charge >= 0.3 is 6.09 Å². The smallest absolute Gasteiger partial charge is 0.410 e. The maximum atomic E-state index is 13.7. The predicted octanol–water partition coefficient (Wildman–Crippen LogP) is 4.14. The van der Waals surface area contributed by atoms with Crippen LogP contribution >= 0.6 is 9.24 Å². The van der Waals surface area contributed by atoms with E-state index in [1.165, 1.54) is 34.3 Å². The number of aromatic nitrogens is 3. The van der Waals surface area contributed by atoms with E-state index in [2.05, 4.69) is 19.9 Å². The van der Waals surface area contributed by atoms with E-state index in [0.29, 0.717) is 26.2 Å². The Morgan fingerprint density at radius 1 is 1.16 bits per heavy atom. The number of alkyl halides is 2. The molecule has 7 nitrogen and oxygen atoms in total. The van der Waals surface area contributed by atoms with E-state index >= 15 is 0 Å².